The fourth-order valence-corrected chi connectivity index (χ4v) is 1.23. The summed E-state index contributed by atoms with van der Waals surface area (Å²) in [6, 6.07) is 5.60. The molecule has 0 heterocycles. The molecule has 0 saturated heterocycles. The Morgan fingerprint density at radius 2 is 1.83 bits per heavy atom. The second-order valence-corrected chi connectivity index (χ2v) is 3.70. The molecule has 0 bridgehead atoms. The molecular weight excluding hydrogens is 236 g/mol. The van der Waals surface area contributed by atoms with Gasteiger partial charge in [-0.25, -0.2) is 0 Å². The molecule has 0 aromatic heterocycles. The number of benzene rings is 1. The van der Waals surface area contributed by atoms with Gasteiger partial charge in [0.1, 0.15) is 0 Å². The number of nitro groups is 1. The van der Waals surface area contributed by atoms with Crippen LogP contribution in [0.5, 0.6) is 0 Å². The lowest BCUT2D eigenvalue weighted by Gasteiger charge is -2.04. The van der Waals surface area contributed by atoms with Crippen molar-refractivity contribution in [1.29, 1.82) is 0 Å². The van der Waals surface area contributed by atoms with Crippen LogP contribution >= 0.6 is 0 Å². The zero-order valence-electron chi connectivity index (χ0n) is 9.99. The summed E-state index contributed by atoms with van der Waals surface area (Å²) in [6.07, 6.45) is 2.11. The Hall–Kier alpha value is -2.50. The highest BCUT2D eigenvalue weighted by Gasteiger charge is 2.17. The number of nitro benzene ring substituents is 1. The first-order chi connectivity index (χ1) is 8.43. The van der Waals surface area contributed by atoms with Gasteiger partial charge in [-0.05, 0) is 12.1 Å². The summed E-state index contributed by atoms with van der Waals surface area (Å²) in [4.78, 5) is 34.4. The third-order valence-corrected chi connectivity index (χ3v) is 2.18. The number of hydrogen-bond acceptors (Lipinski definition) is 4. The molecule has 94 valence electrons. The highest BCUT2D eigenvalue weighted by atomic mass is 16.6. The average molecular weight is 248 g/mol. The topological polar surface area (TPSA) is 80.5 Å². The first kappa shape index (κ1) is 13.6. The molecule has 1 aromatic rings. The van der Waals surface area contributed by atoms with Crippen molar-refractivity contribution < 1.29 is 14.5 Å². The number of para-hydroxylation sites is 1. The summed E-state index contributed by atoms with van der Waals surface area (Å²) in [5.74, 6) is -0.931. The number of carbonyl (C=O) groups excluding carboxylic acids is 2. The molecule has 0 aliphatic rings. The fourth-order valence-electron chi connectivity index (χ4n) is 1.23. The van der Waals surface area contributed by atoms with E-state index in [1.165, 1.54) is 29.2 Å². The van der Waals surface area contributed by atoms with Crippen LogP contribution in [-0.4, -0.2) is 35.6 Å². The number of amides is 1. The highest BCUT2D eigenvalue weighted by Crippen LogP contribution is 2.18. The third kappa shape index (κ3) is 3.24. The molecule has 0 spiro atoms. The van der Waals surface area contributed by atoms with Gasteiger partial charge in [-0.3, -0.25) is 19.7 Å². The van der Waals surface area contributed by atoms with Gasteiger partial charge < -0.3 is 4.90 Å². The predicted octanol–water partition coefficient (Wildman–Crippen LogP) is 1.42. The first-order valence-corrected chi connectivity index (χ1v) is 5.10. The van der Waals surface area contributed by atoms with Crippen molar-refractivity contribution in [2.24, 2.45) is 0 Å². The molecule has 18 heavy (non-hydrogen) atoms. The summed E-state index contributed by atoms with van der Waals surface area (Å²) >= 11 is 0. The SMILES string of the molecule is CN(C)C(=O)/C=C/C(=O)c1ccccc1[N+](=O)[O-]. The Morgan fingerprint density at radius 3 is 2.39 bits per heavy atom. The quantitative estimate of drug-likeness (QED) is 0.349. The van der Waals surface area contributed by atoms with Crippen molar-refractivity contribution in [2.75, 3.05) is 14.1 Å². The lowest BCUT2D eigenvalue weighted by Crippen LogP contribution is -2.19. The minimum Gasteiger partial charge on any atom is -0.345 e. The van der Waals surface area contributed by atoms with E-state index in [4.69, 9.17) is 0 Å². The van der Waals surface area contributed by atoms with Crippen LogP contribution in [0.15, 0.2) is 36.4 Å². The largest absolute Gasteiger partial charge is 0.345 e. The minimum absolute atomic E-state index is 0.0368. The second kappa shape index (κ2) is 5.72. The summed E-state index contributed by atoms with van der Waals surface area (Å²) in [7, 11) is 3.09. The molecule has 6 nitrogen and oxygen atoms in total. The summed E-state index contributed by atoms with van der Waals surface area (Å²) < 4.78 is 0. The second-order valence-electron chi connectivity index (χ2n) is 3.70. The maximum atomic E-state index is 11.7. The van der Waals surface area contributed by atoms with E-state index in [1.807, 2.05) is 0 Å². The van der Waals surface area contributed by atoms with E-state index in [-0.39, 0.29) is 17.2 Å². The molecule has 0 aliphatic carbocycles. The van der Waals surface area contributed by atoms with Crippen LogP contribution in [0, 0.1) is 10.1 Å². The van der Waals surface area contributed by atoms with Gasteiger partial charge in [0.25, 0.3) is 5.69 Å². The molecule has 1 rings (SSSR count). The number of hydrogen-bond donors (Lipinski definition) is 0. The van der Waals surface area contributed by atoms with Crippen LogP contribution in [0.2, 0.25) is 0 Å². The first-order valence-electron chi connectivity index (χ1n) is 5.10. The van der Waals surface area contributed by atoms with Crippen LogP contribution in [0.4, 0.5) is 5.69 Å². The number of ketones is 1. The summed E-state index contributed by atoms with van der Waals surface area (Å²) in [5, 5.41) is 10.7. The van der Waals surface area contributed by atoms with E-state index in [9.17, 15) is 19.7 Å². The molecular formula is C12H12N2O4. The number of carbonyl (C=O) groups is 2. The monoisotopic (exact) mass is 248 g/mol. The van der Waals surface area contributed by atoms with Crippen LogP contribution in [0.1, 0.15) is 10.4 Å². The molecule has 0 N–H and O–H groups in total. The number of allylic oxidation sites excluding steroid dienone is 1. The smallest absolute Gasteiger partial charge is 0.280 e. The van der Waals surface area contributed by atoms with Crippen LogP contribution in [0.25, 0.3) is 0 Å². The van der Waals surface area contributed by atoms with Crippen LogP contribution in [0.3, 0.4) is 0 Å². The zero-order valence-corrected chi connectivity index (χ0v) is 9.99. The van der Waals surface area contributed by atoms with E-state index in [1.54, 1.807) is 14.1 Å². The lowest BCUT2D eigenvalue weighted by atomic mass is 10.1. The number of rotatable bonds is 4. The van der Waals surface area contributed by atoms with Gasteiger partial charge in [0.15, 0.2) is 5.78 Å². The molecule has 0 radical (unpaired) electrons. The average Bonchev–Trinajstić information content (AvgIpc) is 2.35. The standard InChI is InChI=1S/C12H12N2O4/c1-13(2)12(16)8-7-11(15)9-5-3-4-6-10(9)14(17)18/h3-8H,1-2H3/b8-7+. The number of nitrogens with zero attached hydrogens (tertiary/aromatic N) is 2. The Bertz CT molecular complexity index is 521. The molecule has 0 saturated carbocycles. The van der Waals surface area contributed by atoms with Crippen molar-refractivity contribution in [3.05, 3.63) is 52.1 Å². The predicted molar refractivity (Wildman–Crippen MR) is 65.3 cm³/mol. The highest BCUT2D eigenvalue weighted by molar-refractivity contribution is 6.09. The van der Waals surface area contributed by atoms with Gasteiger partial charge >= 0.3 is 0 Å². The van der Waals surface area contributed by atoms with Crippen molar-refractivity contribution in [2.45, 2.75) is 0 Å². The van der Waals surface area contributed by atoms with E-state index in [0.29, 0.717) is 0 Å². The van der Waals surface area contributed by atoms with Gasteiger partial charge in [-0.2, -0.15) is 0 Å². The maximum absolute atomic E-state index is 11.7. The Balaban J connectivity index is 2.98. The minimum atomic E-state index is -0.630. The van der Waals surface area contributed by atoms with Crippen LogP contribution < -0.4 is 0 Å². The van der Waals surface area contributed by atoms with Crippen molar-refractivity contribution in [3.8, 4) is 0 Å². The Labute approximate surface area is 104 Å². The molecule has 0 fully saturated rings. The van der Waals surface area contributed by atoms with E-state index in [2.05, 4.69) is 0 Å². The number of likely N-dealkylation sites (N-methyl/N-ethyl adjacent to an activating group) is 1. The third-order valence-electron chi connectivity index (χ3n) is 2.18. The summed E-state index contributed by atoms with van der Waals surface area (Å²) in [5.41, 5.74) is -0.310. The van der Waals surface area contributed by atoms with E-state index < -0.39 is 10.7 Å². The maximum Gasteiger partial charge on any atom is 0.280 e. The Kier molecular flexibility index (Phi) is 4.31. The molecule has 0 unspecified atom stereocenters. The van der Waals surface area contributed by atoms with Crippen molar-refractivity contribution in [1.82, 2.24) is 4.90 Å². The van der Waals surface area contributed by atoms with Gasteiger partial charge in [-0.15, -0.1) is 0 Å². The van der Waals surface area contributed by atoms with Gasteiger partial charge in [-0.1, -0.05) is 12.1 Å². The van der Waals surface area contributed by atoms with Crippen molar-refractivity contribution in [3.63, 3.8) is 0 Å². The molecule has 0 atom stereocenters. The van der Waals surface area contributed by atoms with Gasteiger partial charge in [0.2, 0.25) is 5.91 Å². The van der Waals surface area contributed by atoms with Gasteiger partial charge in [0, 0.05) is 26.2 Å². The lowest BCUT2D eigenvalue weighted by molar-refractivity contribution is -0.385. The molecule has 1 aromatic carbocycles. The molecule has 6 heteroatoms. The molecule has 0 aliphatic heterocycles. The van der Waals surface area contributed by atoms with Gasteiger partial charge in [0.05, 0.1) is 10.5 Å². The zero-order chi connectivity index (χ0) is 13.7. The Morgan fingerprint density at radius 1 is 1.22 bits per heavy atom. The fraction of sp³-hybridized carbons (Fsp3) is 0.167. The molecule has 1 amide bonds. The van der Waals surface area contributed by atoms with E-state index in [0.717, 1.165) is 12.2 Å². The summed E-state index contributed by atoms with van der Waals surface area (Å²) in [6.45, 7) is 0. The van der Waals surface area contributed by atoms with Crippen molar-refractivity contribution >= 4 is 17.4 Å². The van der Waals surface area contributed by atoms with Crippen LogP contribution in [-0.2, 0) is 4.79 Å². The van der Waals surface area contributed by atoms with E-state index >= 15 is 0 Å². The normalized spacial score (nSPS) is 10.3.